The summed E-state index contributed by atoms with van der Waals surface area (Å²) in [6, 6.07) is 0. The zero-order chi connectivity index (χ0) is 7.98. The molecular weight excluding hydrogens is 124 g/mol. The van der Waals surface area contributed by atoms with Crippen LogP contribution in [0.3, 0.4) is 0 Å². The molecule has 0 saturated heterocycles. The lowest BCUT2D eigenvalue weighted by atomic mass is 9.89. The summed E-state index contributed by atoms with van der Waals surface area (Å²) in [6.07, 6.45) is 3.48. The molecule has 62 valence electrons. The van der Waals surface area contributed by atoms with Gasteiger partial charge in [0.05, 0.1) is 0 Å². The quantitative estimate of drug-likeness (QED) is 0.628. The van der Waals surface area contributed by atoms with Gasteiger partial charge in [0.2, 0.25) is 0 Å². The summed E-state index contributed by atoms with van der Waals surface area (Å²) < 4.78 is 0. The molecule has 1 N–H and O–H groups in total. The van der Waals surface area contributed by atoms with Crippen LogP contribution in [0.2, 0.25) is 0 Å². The maximum absolute atomic E-state index is 8.71. The van der Waals surface area contributed by atoms with E-state index < -0.39 is 0 Å². The molecule has 1 heteroatoms. The third kappa shape index (κ3) is 3.89. The molecule has 0 heterocycles. The predicted molar refractivity (Wildman–Crippen MR) is 44.9 cm³/mol. The van der Waals surface area contributed by atoms with Gasteiger partial charge in [0.15, 0.2) is 0 Å². The standard InChI is InChI=1S/C9H20O/c1-4-5-9(6-7-10)8(2)3/h8-10H,4-7H2,1-3H3/t9-/m0/s1. The van der Waals surface area contributed by atoms with E-state index in [0.717, 1.165) is 18.3 Å². The summed E-state index contributed by atoms with van der Waals surface area (Å²) in [5.74, 6) is 1.46. The van der Waals surface area contributed by atoms with Gasteiger partial charge in [0, 0.05) is 6.61 Å². The van der Waals surface area contributed by atoms with Crippen LogP contribution in [0.15, 0.2) is 0 Å². The number of hydrogen-bond acceptors (Lipinski definition) is 1. The van der Waals surface area contributed by atoms with Gasteiger partial charge in [-0.3, -0.25) is 0 Å². The second kappa shape index (κ2) is 5.72. The zero-order valence-electron chi connectivity index (χ0n) is 7.43. The number of hydrogen-bond donors (Lipinski definition) is 1. The van der Waals surface area contributed by atoms with E-state index in [1.54, 1.807) is 0 Å². The van der Waals surface area contributed by atoms with Crippen LogP contribution in [0.5, 0.6) is 0 Å². The van der Waals surface area contributed by atoms with E-state index in [4.69, 9.17) is 5.11 Å². The van der Waals surface area contributed by atoms with Crippen LogP contribution in [0.4, 0.5) is 0 Å². The molecule has 0 saturated carbocycles. The van der Waals surface area contributed by atoms with E-state index in [-0.39, 0.29) is 0 Å². The van der Waals surface area contributed by atoms with E-state index in [9.17, 15) is 0 Å². The SMILES string of the molecule is CCC[C@@H](CCO)C(C)C. The van der Waals surface area contributed by atoms with Crippen LogP contribution in [0, 0.1) is 11.8 Å². The maximum Gasteiger partial charge on any atom is 0.0433 e. The average Bonchev–Trinajstić information content (AvgIpc) is 1.87. The predicted octanol–water partition coefficient (Wildman–Crippen LogP) is 2.44. The molecule has 0 radical (unpaired) electrons. The Balaban J connectivity index is 3.50. The highest BCUT2D eigenvalue weighted by atomic mass is 16.3. The fourth-order valence-corrected chi connectivity index (χ4v) is 1.35. The van der Waals surface area contributed by atoms with Crippen molar-refractivity contribution in [2.75, 3.05) is 6.61 Å². The van der Waals surface area contributed by atoms with Gasteiger partial charge in [-0.2, -0.15) is 0 Å². The fraction of sp³-hybridized carbons (Fsp3) is 1.00. The monoisotopic (exact) mass is 144 g/mol. The molecule has 0 amide bonds. The van der Waals surface area contributed by atoms with Crippen molar-refractivity contribution in [1.29, 1.82) is 0 Å². The van der Waals surface area contributed by atoms with Gasteiger partial charge in [-0.05, 0) is 18.3 Å². The summed E-state index contributed by atoms with van der Waals surface area (Å²) in [5, 5.41) is 8.71. The Morgan fingerprint density at radius 2 is 1.80 bits per heavy atom. The van der Waals surface area contributed by atoms with Gasteiger partial charge in [-0.25, -0.2) is 0 Å². The topological polar surface area (TPSA) is 20.2 Å². The molecule has 10 heavy (non-hydrogen) atoms. The molecule has 0 fully saturated rings. The molecule has 1 atom stereocenters. The largest absolute Gasteiger partial charge is 0.396 e. The van der Waals surface area contributed by atoms with Crippen LogP contribution < -0.4 is 0 Å². The van der Waals surface area contributed by atoms with Crippen LogP contribution in [-0.4, -0.2) is 11.7 Å². The Bertz CT molecular complexity index is 63.1. The molecule has 0 aromatic rings. The second-order valence-corrected chi connectivity index (χ2v) is 3.31. The van der Waals surface area contributed by atoms with Crippen LogP contribution in [0.25, 0.3) is 0 Å². The molecule has 0 rings (SSSR count). The molecule has 0 aliphatic carbocycles. The van der Waals surface area contributed by atoms with Crippen LogP contribution in [-0.2, 0) is 0 Å². The van der Waals surface area contributed by atoms with E-state index in [1.165, 1.54) is 12.8 Å². The Morgan fingerprint density at radius 3 is 2.10 bits per heavy atom. The third-order valence-corrected chi connectivity index (χ3v) is 2.10. The Morgan fingerprint density at radius 1 is 1.20 bits per heavy atom. The maximum atomic E-state index is 8.71. The van der Waals surface area contributed by atoms with Gasteiger partial charge in [-0.15, -0.1) is 0 Å². The molecule has 0 bridgehead atoms. The Kier molecular flexibility index (Phi) is 5.70. The lowest BCUT2D eigenvalue weighted by Gasteiger charge is -2.18. The molecule has 0 spiro atoms. The normalized spacial score (nSPS) is 14.1. The molecule has 0 unspecified atom stereocenters. The molecule has 0 aliphatic heterocycles. The number of aliphatic hydroxyl groups is 1. The van der Waals surface area contributed by atoms with Gasteiger partial charge in [-0.1, -0.05) is 33.6 Å². The van der Waals surface area contributed by atoms with Crippen molar-refractivity contribution in [3.63, 3.8) is 0 Å². The van der Waals surface area contributed by atoms with Gasteiger partial charge < -0.3 is 5.11 Å². The van der Waals surface area contributed by atoms with Crippen molar-refractivity contribution >= 4 is 0 Å². The minimum atomic E-state index is 0.350. The van der Waals surface area contributed by atoms with E-state index in [1.807, 2.05) is 0 Å². The fourth-order valence-electron chi connectivity index (χ4n) is 1.35. The summed E-state index contributed by atoms with van der Waals surface area (Å²) in [4.78, 5) is 0. The third-order valence-electron chi connectivity index (χ3n) is 2.10. The smallest absolute Gasteiger partial charge is 0.0433 e. The van der Waals surface area contributed by atoms with E-state index >= 15 is 0 Å². The number of aliphatic hydroxyl groups excluding tert-OH is 1. The Hall–Kier alpha value is -0.0400. The second-order valence-electron chi connectivity index (χ2n) is 3.31. The first-order chi connectivity index (χ1) is 4.72. The highest BCUT2D eigenvalue weighted by Gasteiger charge is 2.10. The highest BCUT2D eigenvalue weighted by molar-refractivity contribution is 4.61. The minimum Gasteiger partial charge on any atom is -0.396 e. The molecule has 0 aromatic carbocycles. The van der Waals surface area contributed by atoms with Crippen molar-refractivity contribution < 1.29 is 5.11 Å². The molecule has 0 aromatic heterocycles. The summed E-state index contributed by atoms with van der Waals surface area (Å²) in [6.45, 7) is 7.02. The lowest BCUT2D eigenvalue weighted by molar-refractivity contribution is 0.223. The number of rotatable bonds is 5. The highest BCUT2D eigenvalue weighted by Crippen LogP contribution is 2.19. The van der Waals surface area contributed by atoms with Crippen molar-refractivity contribution in [3.05, 3.63) is 0 Å². The van der Waals surface area contributed by atoms with E-state index in [0.29, 0.717) is 6.61 Å². The summed E-state index contributed by atoms with van der Waals surface area (Å²) >= 11 is 0. The first-order valence-corrected chi connectivity index (χ1v) is 4.33. The lowest BCUT2D eigenvalue weighted by Crippen LogP contribution is -2.09. The minimum absolute atomic E-state index is 0.350. The van der Waals surface area contributed by atoms with E-state index in [2.05, 4.69) is 20.8 Å². The summed E-state index contributed by atoms with van der Waals surface area (Å²) in [7, 11) is 0. The molecular formula is C9H20O. The van der Waals surface area contributed by atoms with Crippen molar-refractivity contribution in [3.8, 4) is 0 Å². The van der Waals surface area contributed by atoms with Gasteiger partial charge in [0.1, 0.15) is 0 Å². The van der Waals surface area contributed by atoms with Crippen molar-refractivity contribution in [2.45, 2.75) is 40.0 Å². The zero-order valence-corrected chi connectivity index (χ0v) is 7.43. The first kappa shape index (κ1) is 9.96. The Labute approximate surface area is 64.5 Å². The van der Waals surface area contributed by atoms with Crippen molar-refractivity contribution in [2.24, 2.45) is 11.8 Å². The molecule has 0 aliphatic rings. The first-order valence-electron chi connectivity index (χ1n) is 4.33. The average molecular weight is 144 g/mol. The van der Waals surface area contributed by atoms with Crippen molar-refractivity contribution in [1.82, 2.24) is 0 Å². The molecule has 1 nitrogen and oxygen atoms in total. The van der Waals surface area contributed by atoms with Crippen LogP contribution in [0.1, 0.15) is 40.0 Å². The van der Waals surface area contributed by atoms with Crippen LogP contribution >= 0.6 is 0 Å². The summed E-state index contributed by atoms with van der Waals surface area (Å²) in [5.41, 5.74) is 0. The van der Waals surface area contributed by atoms with Gasteiger partial charge >= 0.3 is 0 Å². The van der Waals surface area contributed by atoms with Gasteiger partial charge in [0.25, 0.3) is 0 Å².